The van der Waals surface area contributed by atoms with Crippen LogP contribution in [0.1, 0.15) is 16.1 Å². The summed E-state index contributed by atoms with van der Waals surface area (Å²) in [7, 11) is 0. The van der Waals surface area contributed by atoms with Gasteiger partial charge in [0.25, 0.3) is 5.91 Å². The van der Waals surface area contributed by atoms with Crippen molar-refractivity contribution in [2.45, 2.75) is 6.42 Å². The first-order valence-corrected chi connectivity index (χ1v) is 8.39. The van der Waals surface area contributed by atoms with Crippen LogP contribution in [0, 0.1) is 0 Å². The van der Waals surface area contributed by atoms with E-state index in [1.165, 1.54) is 11.3 Å². The minimum absolute atomic E-state index is 0.0775. The van der Waals surface area contributed by atoms with Crippen molar-refractivity contribution in [1.82, 2.24) is 15.2 Å². The molecule has 0 aliphatic carbocycles. The van der Waals surface area contributed by atoms with E-state index >= 15 is 0 Å². The minimum Gasteiger partial charge on any atom is -0.335 e. The molecule has 1 fully saturated rings. The van der Waals surface area contributed by atoms with Crippen LogP contribution in [0.2, 0.25) is 0 Å². The van der Waals surface area contributed by atoms with Crippen molar-refractivity contribution in [1.29, 1.82) is 0 Å². The Morgan fingerprint density at radius 2 is 1.96 bits per heavy atom. The van der Waals surface area contributed by atoms with Gasteiger partial charge < -0.3 is 15.5 Å². The molecule has 6 nitrogen and oxygen atoms in total. The molecular weight excluding hydrogens is 312 g/mol. The fraction of sp³-hybridized carbons (Fsp3) is 0.312. The van der Waals surface area contributed by atoms with E-state index in [1.807, 2.05) is 30.3 Å². The summed E-state index contributed by atoms with van der Waals surface area (Å²) in [6.45, 7) is 2.98. The van der Waals surface area contributed by atoms with Gasteiger partial charge in [0.15, 0.2) is 5.13 Å². The number of thiazole rings is 1. The predicted molar refractivity (Wildman–Crippen MR) is 89.7 cm³/mol. The van der Waals surface area contributed by atoms with Crippen molar-refractivity contribution in [3.63, 3.8) is 0 Å². The van der Waals surface area contributed by atoms with Crippen LogP contribution < -0.4 is 10.6 Å². The number of hydrogen-bond acceptors (Lipinski definition) is 5. The van der Waals surface area contributed by atoms with Crippen LogP contribution in [0.4, 0.5) is 5.13 Å². The van der Waals surface area contributed by atoms with Crippen molar-refractivity contribution >= 4 is 28.3 Å². The zero-order valence-electron chi connectivity index (χ0n) is 12.6. The maximum atomic E-state index is 12.3. The highest BCUT2D eigenvalue weighted by molar-refractivity contribution is 7.14. The molecule has 1 aromatic heterocycles. The lowest BCUT2D eigenvalue weighted by atomic mass is 10.1. The molecule has 1 saturated heterocycles. The molecule has 1 aliphatic rings. The number of carbonyl (C=O) groups is 2. The Labute approximate surface area is 138 Å². The maximum Gasteiger partial charge on any atom is 0.273 e. The molecule has 0 saturated carbocycles. The van der Waals surface area contributed by atoms with Gasteiger partial charge >= 0.3 is 0 Å². The van der Waals surface area contributed by atoms with Gasteiger partial charge in [-0.2, -0.15) is 0 Å². The SMILES string of the molecule is O=C(Cc1ccccc1)Nc1nc(C(=O)N2CCNCC2)cs1. The van der Waals surface area contributed by atoms with Crippen molar-refractivity contribution < 1.29 is 9.59 Å². The topological polar surface area (TPSA) is 74.3 Å². The van der Waals surface area contributed by atoms with Gasteiger partial charge in [0.1, 0.15) is 5.69 Å². The molecule has 1 aromatic carbocycles. The fourth-order valence-corrected chi connectivity index (χ4v) is 3.10. The number of aromatic nitrogens is 1. The van der Waals surface area contributed by atoms with Crippen molar-refractivity contribution in [3.8, 4) is 0 Å². The summed E-state index contributed by atoms with van der Waals surface area (Å²) in [6, 6.07) is 9.52. The van der Waals surface area contributed by atoms with Gasteiger partial charge in [0, 0.05) is 31.6 Å². The highest BCUT2D eigenvalue weighted by Crippen LogP contribution is 2.17. The zero-order valence-corrected chi connectivity index (χ0v) is 13.4. The Hall–Kier alpha value is -2.25. The number of rotatable bonds is 4. The minimum atomic E-state index is -0.133. The molecule has 2 amide bonds. The molecule has 0 unspecified atom stereocenters. The molecule has 3 rings (SSSR count). The summed E-state index contributed by atoms with van der Waals surface area (Å²) < 4.78 is 0. The fourth-order valence-electron chi connectivity index (χ4n) is 2.40. The van der Waals surface area contributed by atoms with Gasteiger partial charge in [-0.1, -0.05) is 30.3 Å². The van der Waals surface area contributed by atoms with E-state index in [-0.39, 0.29) is 11.8 Å². The van der Waals surface area contributed by atoms with Gasteiger partial charge in [-0.25, -0.2) is 4.98 Å². The molecule has 2 N–H and O–H groups in total. The maximum absolute atomic E-state index is 12.3. The van der Waals surface area contributed by atoms with Gasteiger partial charge in [-0.3, -0.25) is 9.59 Å². The van der Waals surface area contributed by atoms with E-state index in [2.05, 4.69) is 15.6 Å². The number of amides is 2. The van der Waals surface area contributed by atoms with E-state index < -0.39 is 0 Å². The van der Waals surface area contributed by atoms with Crippen molar-refractivity contribution in [3.05, 3.63) is 47.0 Å². The Kier molecular flexibility index (Phi) is 4.99. The Morgan fingerprint density at radius 3 is 2.70 bits per heavy atom. The predicted octanol–water partition coefficient (Wildman–Crippen LogP) is 1.37. The van der Waals surface area contributed by atoms with Crippen LogP contribution in [0.25, 0.3) is 0 Å². The molecule has 7 heteroatoms. The quantitative estimate of drug-likeness (QED) is 0.888. The van der Waals surface area contributed by atoms with Gasteiger partial charge in [0.2, 0.25) is 5.91 Å². The second-order valence-electron chi connectivity index (χ2n) is 5.29. The van der Waals surface area contributed by atoms with E-state index in [1.54, 1.807) is 10.3 Å². The summed E-state index contributed by atoms with van der Waals surface area (Å²) in [6.07, 6.45) is 0.293. The highest BCUT2D eigenvalue weighted by atomic mass is 32.1. The van der Waals surface area contributed by atoms with Crippen LogP contribution in [-0.4, -0.2) is 47.9 Å². The molecule has 2 heterocycles. The second kappa shape index (κ2) is 7.34. The number of benzene rings is 1. The number of piperazine rings is 1. The van der Waals surface area contributed by atoms with Gasteiger partial charge in [-0.05, 0) is 5.56 Å². The van der Waals surface area contributed by atoms with Crippen LogP contribution in [0.5, 0.6) is 0 Å². The summed E-state index contributed by atoms with van der Waals surface area (Å²) in [5.41, 5.74) is 1.34. The average Bonchev–Trinajstić information content (AvgIpc) is 3.04. The molecule has 0 radical (unpaired) electrons. The monoisotopic (exact) mass is 330 g/mol. The van der Waals surface area contributed by atoms with E-state index in [0.29, 0.717) is 30.3 Å². The van der Waals surface area contributed by atoms with Crippen LogP contribution in [0.15, 0.2) is 35.7 Å². The van der Waals surface area contributed by atoms with Crippen molar-refractivity contribution in [2.75, 3.05) is 31.5 Å². The summed E-state index contributed by atoms with van der Waals surface area (Å²) in [5, 5.41) is 8.12. The number of carbonyl (C=O) groups excluding carboxylic acids is 2. The first kappa shape index (κ1) is 15.6. The Bertz CT molecular complexity index is 680. The molecule has 0 spiro atoms. The normalized spacial score (nSPS) is 14.5. The Balaban J connectivity index is 1.58. The third-order valence-corrected chi connectivity index (χ3v) is 4.34. The molecule has 0 bridgehead atoms. The standard InChI is InChI=1S/C16H18N4O2S/c21-14(10-12-4-2-1-3-5-12)19-16-18-13(11-23-16)15(22)20-8-6-17-7-9-20/h1-5,11,17H,6-10H2,(H,18,19,21). The first-order chi connectivity index (χ1) is 11.2. The number of anilines is 1. The van der Waals surface area contributed by atoms with E-state index in [0.717, 1.165) is 18.7 Å². The molecule has 23 heavy (non-hydrogen) atoms. The highest BCUT2D eigenvalue weighted by Gasteiger charge is 2.20. The summed E-state index contributed by atoms with van der Waals surface area (Å²) in [5.74, 6) is -0.210. The third kappa shape index (κ3) is 4.14. The second-order valence-corrected chi connectivity index (χ2v) is 6.15. The average molecular weight is 330 g/mol. The molecule has 120 valence electrons. The Morgan fingerprint density at radius 1 is 1.22 bits per heavy atom. The van der Waals surface area contributed by atoms with E-state index in [4.69, 9.17) is 0 Å². The lowest BCUT2D eigenvalue weighted by Gasteiger charge is -2.26. The first-order valence-electron chi connectivity index (χ1n) is 7.51. The number of hydrogen-bond donors (Lipinski definition) is 2. The molecule has 2 aromatic rings. The molecular formula is C16H18N4O2S. The number of nitrogens with zero attached hydrogens (tertiary/aromatic N) is 2. The van der Waals surface area contributed by atoms with Crippen LogP contribution in [-0.2, 0) is 11.2 Å². The summed E-state index contributed by atoms with van der Waals surface area (Å²) in [4.78, 5) is 30.4. The summed E-state index contributed by atoms with van der Waals surface area (Å²) >= 11 is 1.27. The number of nitrogens with one attached hydrogen (secondary N) is 2. The van der Waals surface area contributed by atoms with Crippen molar-refractivity contribution in [2.24, 2.45) is 0 Å². The zero-order chi connectivity index (χ0) is 16.1. The largest absolute Gasteiger partial charge is 0.335 e. The van der Waals surface area contributed by atoms with Gasteiger partial charge in [0.05, 0.1) is 6.42 Å². The lowest BCUT2D eigenvalue weighted by molar-refractivity contribution is -0.115. The van der Waals surface area contributed by atoms with E-state index in [9.17, 15) is 9.59 Å². The van der Waals surface area contributed by atoms with Gasteiger partial charge in [-0.15, -0.1) is 11.3 Å². The molecule has 0 atom stereocenters. The lowest BCUT2D eigenvalue weighted by Crippen LogP contribution is -2.46. The third-order valence-electron chi connectivity index (χ3n) is 3.58. The van der Waals surface area contributed by atoms with Crippen LogP contribution >= 0.6 is 11.3 Å². The molecule has 1 aliphatic heterocycles. The smallest absolute Gasteiger partial charge is 0.273 e. The van der Waals surface area contributed by atoms with Crippen LogP contribution in [0.3, 0.4) is 0 Å².